The monoisotopic (exact) mass is 220 g/mol. The number of aromatic nitrogens is 2. The lowest BCUT2D eigenvalue weighted by molar-refractivity contribution is 0.361. The standard InChI is InChI=1S/C12H20N4/c1-9-4-3-5-16(10(9)2)12-8-14-7-11(6-13)15-12/h7-10H,3-6,13H2,1-2H3. The van der Waals surface area contributed by atoms with E-state index in [2.05, 4.69) is 28.7 Å². The molecule has 0 bridgehead atoms. The van der Waals surface area contributed by atoms with Crippen LogP contribution in [0.2, 0.25) is 0 Å². The Hall–Kier alpha value is -1.16. The minimum Gasteiger partial charge on any atom is -0.352 e. The zero-order valence-electron chi connectivity index (χ0n) is 10.1. The lowest BCUT2D eigenvalue weighted by atomic mass is 9.92. The predicted octanol–water partition coefficient (Wildman–Crippen LogP) is 1.56. The zero-order chi connectivity index (χ0) is 11.5. The summed E-state index contributed by atoms with van der Waals surface area (Å²) in [7, 11) is 0. The van der Waals surface area contributed by atoms with E-state index in [1.54, 1.807) is 6.20 Å². The van der Waals surface area contributed by atoms with Gasteiger partial charge in [-0.15, -0.1) is 0 Å². The van der Waals surface area contributed by atoms with Crippen molar-refractivity contribution in [3.8, 4) is 0 Å². The molecule has 0 aromatic carbocycles. The molecule has 4 nitrogen and oxygen atoms in total. The molecule has 16 heavy (non-hydrogen) atoms. The van der Waals surface area contributed by atoms with Crippen LogP contribution in [0.3, 0.4) is 0 Å². The minimum absolute atomic E-state index is 0.457. The van der Waals surface area contributed by atoms with E-state index in [0.29, 0.717) is 12.6 Å². The molecule has 1 aliphatic rings. The maximum absolute atomic E-state index is 5.59. The van der Waals surface area contributed by atoms with Crippen LogP contribution in [-0.4, -0.2) is 22.6 Å². The van der Waals surface area contributed by atoms with Gasteiger partial charge in [-0.25, -0.2) is 4.98 Å². The van der Waals surface area contributed by atoms with Gasteiger partial charge < -0.3 is 10.6 Å². The maximum atomic E-state index is 5.59. The lowest BCUT2D eigenvalue weighted by Crippen LogP contribution is -2.43. The molecule has 0 spiro atoms. The van der Waals surface area contributed by atoms with Gasteiger partial charge in [-0.05, 0) is 25.7 Å². The Kier molecular flexibility index (Phi) is 3.39. The number of rotatable bonds is 2. The van der Waals surface area contributed by atoms with Gasteiger partial charge in [-0.3, -0.25) is 4.98 Å². The second-order valence-corrected chi connectivity index (χ2v) is 4.63. The molecule has 0 aliphatic carbocycles. The highest BCUT2D eigenvalue weighted by Crippen LogP contribution is 2.26. The number of nitrogens with two attached hydrogens (primary N) is 1. The van der Waals surface area contributed by atoms with Crippen molar-refractivity contribution in [1.82, 2.24) is 9.97 Å². The summed E-state index contributed by atoms with van der Waals surface area (Å²) < 4.78 is 0. The van der Waals surface area contributed by atoms with E-state index in [4.69, 9.17) is 5.73 Å². The van der Waals surface area contributed by atoms with Crippen LogP contribution in [0.4, 0.5) is 5.82 Å². The molecule has 0 saturated carbocycles. The number of hydrogen-bond acceptors (Lipinski definition) is 4. The Labute approximate surface area is 96.9 Å². The first-order chi connectivity index (χ1) is 7.72. The molecule has 2 unspecified atom stereocenters. The summed E-state index contributed by atoms with van der Waals surface area (Å²) in [6.45, 7) is 6.10. The van der Waals surface area contributed by atoms with Gasteiger partial charge in [-0.2, -0.15) is 0 Å². The van der Waals surface area contributed by atoms with Crippen LogP contribution in [-0.2, 0) is 6.54 Å². The molecule has 0 amide bonds. The first-order valence-electron chi connectivity index (χ1n) is 6.00. The summed E-state index contributed by atoms with van der Waals surface area (Å²) in [5.74, 6) is 1.69. The summed E-state index contributed by atoms with van der Waals surface area (Å²) in [5, 5.41) is 0. The Bertz CT molecular complexity index is 353. The third-order valence-corrected chi connectivity index (χ3v) is 3.55. The lowest BCUT2D eigenvalue weighted by Gasteiger charge is -2.38. The number of piperidine rings is 1. The molecular weight excluding hydrogens is 200 g/mol. The predicted molar refractivity (Wildman–Crippen MR) is 65.1 cm³/mol. The molecular formula is C12H20N4. The molecule has 4 heteroatoms. The highest BCUT2D eigenvalue weighted by atomic mass is 15.2. The molecule has 2 atom stereocenters. The van der Waals surface area contributed by atoms with Gasteiger partial charge in [-0.1, -0.05) is 6.92 Å². The molecule has 1 aromatic heterocycles. The van der Waals surface area contributed by atoms with E-state index < -0.39 is 0 Å². The van der Waals surface area contributed by atoms with Gasteiger partial charge in [0.15, 0.2) is 0 Å². The Balaban J connectivity index is 2.21. The summed E-state index contributed by atoms with van der Waals surface area (Å²) in [6, 6.07) is 0.538. The second kappa shape index (κ2) is 4.78. The van der Waals surface area contributed by atoms with Crippen LogP contribution in [0, 0.1) is 5.92 Å². The van der Waals surface area contributed by atoms with Crippen molar-refractivity contribution in [2.45, 2.75) is 39.3 Å². The number of nitrogens with zero attached hydrogens (tertiary/aromatic N) is 3. The van der Waals surface area contributed by atoms with Crippen molar-refractivity contribution in [1.29, 1.82) is 0 Å². The molecule has 1 saturated heterocycles. The Morgan fingerprint density at radius 3 is 3.00 bits per heavy atom. The summed E-state index contributed by atoms with van der Waals surface area (Å²) in [4.78, 5) is 11.1. The SMILES string of the molecule is CC1CCCN(c2cncc(CN)n2)C1C. The fourth-order valence-corrected chi connectivity index (χ4v) is 2.29. The van der Waals surface area contributed by atoms with Gasteiger partial charge >= 0.3 is 0 Å². The quantitative estimate of drug-likeness (QED) is 0.821. The Morgan fingerprint density at radius 2 is 2.25 bits per heavy atom. The highest BCUT2D eigenvalue weighted by molar-refractivity contribution is 5.38. The van der Waals surface area contributed by atoms with E-state index >= 15 is 0 Å². The number of anilines is 1. The van der Waals surface area contributed by atoms with Crippen molar-refractivity contribution >= 4 is 5.82 Å². The average Bonchev–Trinajstić information content (AvgIpc) is 2.33. The van der Waals surface area contributed by atoms with Crippen LogP contribution >= 0.6 is 0 Å². The first-order valence-corrected chi connectivity index (χ1v) is 6.00. The molecule has 88 valence electrons. The molecule has 2 rings (SSSR count). The molecule has 2 N–H and O–H groups in total. The van der Waals surface area contributed by atoms with Gasteiger partial charge in [0, 0.05) is 25.3 Å². The summed E-state index contributed by atoms with van der Waals surface area (Å²) >= 11 is 0. The van der Waals surface area contributed by atoms with Crippen molar-refractivity contribution in [3.63, 3.8) is 0 Å². The van der Waals surface area contributed by atoms with Gasteiger partial charge in [0.2, 0.25) is 0 Å². The fourth-order valence-electron chi connectivity index (χ4n) is 2.29. The zero-order valence-corrected chi connectivity index (χ0v) is 10.1. The van der Waals surface area contributed by atoms with Crippen molar-refractivity contribution in [3.05, 3.63) is 18.1 Å². The molecule has 2 heterocycles. The molecule has 0 radical (unpaired) electrons. The van der Waals surface area contributed by atoms with Crippen LogP contribution in [0.5, 0.6) is 0 Å². The maximum Gasteiger partial charge on any atom is 0.147 e. The normalized spacial score (nSPS) is 25.8. The highest BCUT2D eigenvalue weighted by Gasteiger charge is 2.25. The van der Waals surface area contributed by atoms with Gasteiger partial charge in [0.25, 0.3) is 0 Å². The second-order valence-electron chi connectivity index (χ2n) is 4.63. The average molecular weight is 220 g/mol. The summed E-state index contributed by atoms with van der Waals surface area (Å²) in [5.41, 5.74) is 6.45. The van der Waals surface area contributed by atoms with Crippen LogP contribution in [0.25, 0.3) is 0 Å². The van der Waals surface area contributed by atoms with E-state index in [9.17, 15) is 0 Å². The largest absolute Gasteiger partial charge is 0.352 e. The van der Waals surface area contributed by atoms with E-state index in [1.165, 1.54) is 12.8 Å². The smallest absolute Gasteiger partial charge is 0.147 e. The minimum atomic E-state index is 0.457. The van der Waals surface area contributed by atoms with Crippen molar-refractivity contribution < 1.29 is 0 Å². The summed E-state index contributed by atoms with van der Waals surface area (Å²) in [6.07, 6.45) is 6.12. The van der Waals surface area contributed by atoms with Gasteiger partial charge in [0.1, 0.15) is 5.82 Å². The third kappa shape index (κ3) is 2.16. The van der Waals surface area contributed by atoms with Gasteiger partial charge in [0.05, 0.1) is 11.9 Å². The van der Waals surface area contributed by atoms with Crippen molar-refractivity contribution in [2.24, 2.45) is 11.7 Å². The third-order valence-electron chi connectivity index (χ3n) is 3.55. The topological polar surface area (TPSA) is 55.0 Å². The van der Waals surface area contributed by atoms with Crippen LogP contribution < -0.4 is 10.6 Å². The molecule has 1 aromatic rings. The Morgan fingerprint density at radius 1 is 1.44 bits per heavy atom. The first kappa shape index (κ1) is 11.3. The van der Waals surface area contributed by atoms with E-state index in [-0.39, 0.29) is 0 Å². The molecule has 1 aliphatic heterocycles. The molecule has 1 fully saturated rings. The van der Waals surface area contributed by atoms with Crippen LogP contribution in [0.1, 0.15) is 32.4 Å². The van der Waals surface area contributed by atoms with E-state index in [0.717, 1.165) is 24.0 Å². The fraction of sp³-hybridized carbons (Fsp3) is 0.667. The van der Waals surface area contributed by atoms with Crippen LogP contribution in [0.15, 0.2) is 12.4 Å². The van der Waals surface area contributed by atoms with Crippen molar-refractivity contribution in [2.75, 3.05) is 11.4 Å². The van der Waals surface area contributed by atoms with E-state index in [1.807, 2.05) is 6.20 Å². The number of hydrogen-bond donors (Lipinski definition) is 1.